The number of carboxylic acid groups (broad SMARTS) is 1. The molecule has 1 aliphatic rings. The summed E-state index contributed by atoms with van der Waals surface area (Å²) in [4.78, 5) is 11.0. The first kappa shape index (κ1) is 14.5. The molecule has 1 N–H and O–H groups in total. The number of halogens is 4. The van der Waals surface area contributed by atoms with Gasteiger partial charge in [0.25, 0.3) is 0 Å². The number of fused-ring (bicyclic) bond motifs is 1. The molecule has 0 saturated heterocycles. The molecule has 20 heavy (non-hydrogen) atoms. The summed E-state index contributed by atoms with van der Waals surface area (Å²) < 4.78 is 43.4. The molecule has 0 bridgehead atoms. The van der Waals surface area contributed by atoms with Gasteiger partial charge in [-0.2, -0.15) is 18.4 Å². The van der Waals surface area contributed by atoms with Crippen molar-refractivity contribution in [1.82, 2.24) is 0 Å². The summed E-state index contributed by atoms with van der Waals surface area (Å²) in [6.45, 7) is 0. The highest BCUT2D eigenvalue weighted by atomic mass is 35.5. The highest BCUT2D eigenvalue weighted by Crippen LogP contribution is 2.41. The number of nitrogens with zero attached hydrogens (tertiary/aromatic N) is 1. The first-order valence-electron chi connectivity index (χ1n) is 5.42. The predicted octanol–water partition coefficient (Wildman–Crippen LogP) is 2.78. The molecule has 0 radical (unpaired) electrons. The van der Waals surface area contributed by atoms with Crippen LogP contribution in [-0.4, -0.2) is 23.4 Å². The fourth-order valence-electron chi connectivity index (χ4n) is 2.09. The number of rotatable bonds is 1. The van der Waals surface area contributed by atoms with Gasteiger partial charge in [-0.05, 0) is 24.1 Å². The summed E-state index contributed by atoms with van der Waals surface area (Å²) in [6, 6.07) is 4.17. The van der Waals surface area contributed by atoms with Gasteiger partial charge in [0.2, 0.25) is 6.10 Å². The minimum Gasteiger partial charge on any atom is -0.481 e. The maximum Gasteiger partial charge on any atom is 0.426 e. The molecule has 2 atom stereocenters. The maximum atomic E-state index is 12.9. The van der Waals surface area contributed by atoms with Crippen molar-refractivity contribution < 1.29 is 27.8 Å². The maximum absolute atomic E-state index is 12.9. The third-order valence-electron chi connectivity index (χ3n) is 2.94. The van der Waals surface area contributed by atoms with E-state index in [1.165, 1.54) is 12.1 Å². The number of hydrogen-bond acceptors (Lipinski definition) is 3. The second-order valence-electron chi connectivity index (χ2n) is 4.28. The van der Waals surface area contributed by atoms with Gasteiger partial charge in [-0.25, -0.2) is 0 Å². The fourth-order valence-corrected chi connectivity index (χ4v) is 2.33. The number of carbonyl (C=O) groups is 1. The van der Waals surface area contributed by atoms with Crippen LogP contribution < -0.4 is 4.74 Å². The van der Waals surface area contributed by atoms with E-state index in [1.807, 2.05) is 0 Å². The van der Waals surface area contributed by atoms with Crippen LogP contribution in [0, 0.1) is 17.2 Å². The van der Waals surface area contributed by atoms with Crippen molar-refractivity contribution >= 4 is 17.6 Å². The molecule has 0 amide bonds. The topological polar surface area (TPSA) is 70.3 Å². The Morgan fingerprint density at radius 2 is 2.15 bits per heavy atom. The van der Waals surface area contributed by atoms with Crippen molar-refractivity contribution in [1.29, 1.82) is 5.26 Å². The average molecular weight is 306 g/mol. The van der Waals surface area contributed by atoms with Crippen LogP contribution in [0.25, 0.3) is 0 Å². The van der Waals surface area contributed by atoms with E-state index in [4.69, 9.17) is 26.7 Å². The standard InChI is InChI=1S/C12H7ClF3NO3/c13-7-1-5-3-8(11(18)19)10(12(14,15)16)20-9(5)6(2-7)4-17/h1-2,8,10H,3H2,(H,18,19)/t8-,10+/m1/s1. The lowest BCUT2D eigenvalue weighted by Gasteiger charge is -2.32. The summed E-state index contributed by atoms with van der Waals surface area (Å²) in [5.41, 5.74) is 0.0348. The minimum absolute atomic E-state index is 0.137. The van der Waals surface area contributed by atoms with Crippen LogP contribution in [0.1, 0.15) is 11.1 Å². The Bertz CT molecular complexity index is 609. The summed E-state index contributed by atoms with van der Waals surface area (Å²) in [5, 5.41) is 17.9. The van der Waals surface area contributed by atoms with Gasteiger partial charge in [0.15, 0.2) is 0 Å². The SMILES string of the molecule is N#Cc1cc(Cl)cc2c1O[C@H](C(F)(F)F)[C@H](C(=O)O)C2. The van der Waals surface area contributed by atoms with Crippen molar-refractivity contribution in [2.75, 3.05) is 0 Å². The summed E-state index contributed by atoms with van der Waals surface area (Å²) in [5.74, 6) is -3.64. The van der Waals surface area contributed by atoms with Gasteiger partial charge in [-0.3, -0.25) is 4.79 Å². The van der Waals surface area contributed by atoms with Crippen molar-refractivity contribution in [3.63, 3.8) is 0 Å². The molecular formula is C12H7ClF3NO3. The Kier molecular flexibility index (Phi) is 3.52. The molecule has 0 saturated carbocycles. The zero-order valence-electron chi connectivity index (χ0n) is 9.74. The Morgan fingerprint density at radius 3 is 2.65 bits per heavy atom. The van der Waals surface area contributed by atoms with E-state index in [0.29, 0.717) is 0 Å². The van der Waals surface area contributed by atoms with Gasteiger partial charge in [-0.1, -0.05) is 11.6 Å². The fraction of sp³-hybridized carbons (Fsp3) is 0.333. The van der Waals surface area contributed by atoms with Crippen LogP contribution in [0.3, 0.4) is 0 Å². The van der Waals surface area contributed by atoms with E-state index >= 15 is 0 Å². The molecule has 0 aromatic heterocycles. The zero-order chi connectivity index (χ0) is 15.1. The summed E-state index contributed by atoms with van der Waals surface area (Å²) in [7, 11) is 0. The largest absolute Gasteiger partial charge is 0.481 e. The third-order valence-corrected chi connectivity index (χ3v) is 3.16. The summed E-state index contributed by atoms with van der Waals surface area (Å²) in [6.07, 6.45) is -7.72. The number of alkyl halides is 3. The van der Waals surface area contributed by atoms with Crippen LogP contribution in [-0.2, 0) is 11.2 Å². The number of hydrogen-bond donors (Lipinski definition) is 1. The predicted molar refractivity (Wildman–Crippen MR) is 61.5 cm³/mol. The Hall–Kier alpha value is -1.94. The molecular weight excluding hydrogens is 299 g/mol. The summed E-state index contributed by atoms with van der Waals surface area (Å²) >= 11 is 5.74. The van der Waals surface area contributed by atoms with Crippen molar-refractivity contribution in [2.45, 2.75) is 18.7 Å². The first-order valence-corrected chi connectivity index (χ1v) is 5.80. The van der Waals surface area contributed by atoms with Gasteiger partial charge in [0, 0.05) is 5.02 Å². The minimum atomic E-state index is -4.84. The second-order valence-corrected chi connectivity index (χ2v) is 4.72. The molecule has 0 unspecified atom stereocenters. The monoisotopic (exact) mass is 305 g/mol. The molecule has 8 heteroatoms. The number of aliphatic carboxylic acids is 1. The average Bonchev–Trinajstić information content (AvgIpc) is 2.34. The highest BCUT2D eigenvalue weighted by molar-refractivity contribution is 6.30. The van der Waals surface area contributed by atoms with Crippen LogP contribution in [0.5, 0.6) is 5.75 Å². The van der Waals surface area contributed by atoms with Crippen LogP contribution in [0.2, 0.25) is 5.02 Å². The molecule has 0 spiro atoms. The number of benzene rings is 1. The molecule has 106 valence electrons. The lowest BCUT2D eigenvalue weighted by atomic mass is 9.89. The smallest absolute Gasteiger partial charge is 0.426 e. The number of carboxylic acids is 1. The quantitative estimate of drug-likeness (QED) is 0.866. The van der Waals surface area contributed by atoms with Gasteiger partial charge in [-0.15, -0.1) is 0 Å². The normalized spacial score (nSPS) is 21.6. The van der Waals surface area contributed by atoms with Crippen LogP contribution in [0.4, 0.5) is 13.2 Å². The molecule has 1 aromatic carbocycles. The highest BCUT2D eigenvalue weighted by Gasteiger charge is 2.52. The lowest BCUT2D eigenvalue weighted by molar-refractivity contribution is -0.217. The molecule has 1 heterocycles. The molecule has 0 fully saturated rings. The van der Waals surface area contributed by atoms with E-state index in [1.54, 1.807) is 6.07 Å². The van der Waals surface area contributed by atoms with Crippen molar-refractivity contribution in [3.8, 4) is 11.8 Å². The van der Waals surface area contributed by atoms with E-state index in [9.17, 15) is 18.0 Å². The van der Waals surface area contributed by atoms with E-state index in [-0.39, 0.29) is 21.9 Å². The van der Waals surface area contributed by atoms with E-state index in [0.717, 1.165) is 0 Å². The van der Waals surface area contributed by atoms with E-state index < -0.39 is 30.6 Å². The molecule has 1 aromatic rings. The van der Waals surface area contributed by atoms with Crippen LogP contribution >= 0.6 is 11.6 Å². The Morgan fingerprint density at radius 1 is 1.50 bits per heavy atom. The lowest BCUT2D eigenvalue weighted by Crippen LogP contribution is -2.47. The molecule has 2 rings (SSSR count). The molecule has 0 aliphatic carbocycles. The van der Waals surface area contributed by atoms with Gasteiger partial charge < -0.3 is 9.84 Å². The molecule has 4 nitrogen and oxygen atoms in total. The van der Waals surface area contributed by atoms with Crippen LogP contribution in [0.15, 0.2) is 12.1 Å². The number of ether oxygens (including phenoxy) is 1. The zero-order valence-corrected chi connectivity index (χ0v) is 10.5. The van der Waals surface area contributed by atoms with Gasteiger partial charge in [0.1, 0.15) is 17.7 Å². The third kappa shape index (κ3) is 2.51. The second kappa shape index (κ2) is 4.87. The first-order chi connectivity index (χ1) is 9.24. The Labute approximate surface area is 116 Å². The van der Waals surface area contributed by atoms with E-state index in [2.05, 4.69) is 0 Å². The molecule has 1 aliphatic heterocycles. The van der Waals surface area contributed by atoms with Crippen molar-refractivity contribution in [3.05, 3.63) is 28.3 Å². The Balaban J connectivity index is 2.54. The van der Waals surface area contributed by atoms with Gasteiger partial charge in [0.05, 0.1) is 5.56 Å². The van der Waals surface area contributed by atoms with Crippen molar-refractivity contribution in [2.24, 2.45) is 5.92 Å². The van der Waals surface area contributed by atoms with Gasteiger partial charge >= 0.3 is 12.1 Å². The number of nitriles is 1.